The molecule has 0 spiro atoms. The number of aromatic nitrogens is 2. The first kappa shape index (κ1) is 27.2. The number of para-hydroxylation sites is 1. The molecule has 1 amide bonds. The highest BCUT2D eigenvalue weighted by molar-refractivity contribution is 7.53. The van der Waals surface area contributed by atoms with Crippen molar-refractivity contribution in [1.29, 1.82) is 0 Å². The standard InChI is InChI=1S/C19H26N3O4P.C6H7N/c1-3-25-27(24,26-4-2)13-9-8-12-20-19(23)17-14-21-18(22-15-17)16-10-6-5-7-11-16;7-6-4-2-1-3-5-6/h5-7,10-11,14-15H,3-4,8-9,12-13H2,1-2H3,(H,20,23);1-5H,7H2. The number of unbranched alkanes of at least 4 members (excludes halogenated alkanes) is 1. The molecular formula is C25H33N4O4P. The van der Waals surface area contributed by atoms with Crippen molar-refractivity contribution < 1.29 is 18.4 Å². The SMILES string of the molecule is CCOP(=O)(CCCCNC(=O)c1cnc(-c2ccccc2)nc1)OCC.Nc1ccccc1. The second kappa shape index (κ2) is 15.0. The van der Waals surface area contributed by atoms with E-state index in [-0.39, 0.29) is 5.91 Å². The molecule has 9 heteroatoms. The van der Waals surface area contributed by atoms with Gasteiger partial charge in [-0.1, -0.05) is 48.5 Å². The van der Waals surface area contributed by atoms with Crippen molar-refractivity contribution in [1.82, 2.24) is 15.3 Å². The molecule has 0 saturated heterocycles. The Bertz CT molecular complexity index is 1010. The Balaban J connectivity index is 0.000000497. The second-order valence-corrected chi connectivity index (χ2v) is 9.39. The third kappa shape index (κ3) is 9.83. The van der Waals surface area contributed by atoms with Crippen LogP contribution in [0.3, 0.4) is 0 Å². The lowest BCUT2D eigenvalue weighted by molar-refractivity contribution is 0.0952. The Morgan fingerprint density at radius 3 is 1.97 bits per heavy atom. The third-order valence-corrected chi connectivity index (χ3v) is 6.71. The zero-order chi connectivity index (χ0) is 24.7. The zero-order valence-electron chi connectivity index (χ0n) is 19.7. The predicted octanol–water partition coefficient (Wildman–Crippen LogP) is 5.19. The summed E-state index contributed by atoms with van der Waals surface area (Å²) in [5.41, 5.74) is 7.49. The van der Waals surface area contributed by atoms with Crippen LogP contribution in [0.15, 0.2) is 73.1 Å². The zero-order valence-corrected chi connectivity index (χ0v) is 20.6. The number of amides is 1. The molecule has 0 atom stereocenters. The number of hydrogen-bond acceptors (Lipinski definition) is 7. The van der Waals surface area contributed by atoms with Gasteiger partial charge >= 0.3 is 7.60 Å². The number of benzene rings is 2. The lowest BCUT2D eigenvalue weighted by Crippen LogP contribution is -2.25. The van der Waals surface area contributed by atoms with Gasteiger partial charge in [0.15, 0.2) is 5.82 Å². The smallest absolute Gasteiger partial charge is 0.330 e. The molecule has 3 aromatic rings. The molecule has 3 N–H and O–H groups in total. The number of nitrogens with one attached hydrogen (secondary N) is 1. The minimum atomic E-state index is -3.01. The van der Waals surface area contributed by atoms with Gasteiger partial charge in [-0.15, -0.1) is 0 Å². The monoisotopic (exact) mass is 484 g/mol. The van der Waals surface area contributed by atoms with Crippen LogP contribution < -0.4 is 11.1 Å². The number of rotatable bonds is 11. The Kier molecular flexibility index (Phi) is 12.0. The molecule has 0 aliphatic rings. The van der Waals surface area contributed by atoms with Crippen LogP contribution in [0.4, 0.5) is 5.69 Å². The van der Waals surface area contributed by atoms with Crippen molar-refractivity contribution in [2.24, 2.45) is 0 Å². The summed E-state index contributed by atoms with van der Waals surface area (Å²) in [5, 5.41) is 2.82. The van der Waals surface area contributed by atoms with Gasteiger partial charge in [-0.25, -0.2) is 9.97 Å². The first-order valence-electron chi connectivity index (χ1n) is 11.3. The fourth-order valence-corrected chi connectivity index (χ4v) is 4.66. The van der Waals surface area contributed by atoms with Gasteiger partial charge in [0.05, 0.1) is 24.9 Å². The molecule has 3 rings (SSSR count). The summed E-state index contributed by atoms with van der Waals surface area (Å²) < 4.78 is 22.8. The molecule has 8 nitrogen and oxygen atoms in total. The van der Waals surface area contributed by atoms with Gasteiger partial charge in [0.2, 0.25) is 0 Å². The van der Waals surface area contributed by atoms with Crippen molar-refractivity contribution in [2.45, 2.75) is 26.7 Å². The fourth-order valence-electron chi connectivity index (χ4n) is 2.93. The first-order chi connectivity index (χ1) is 16.5. The predicted molar refractivity (Wildman–Crippen MR) is 136 cm³/mol. The molecule has 1 aromatic heterocycles. The topological polar surface area (TPSA) is 116 Å². The Morgan fingerprint density at radius 2 is 1.47 bits per heavy atom. The van der Waals surface area contributed by atoms with Gasteiger partial charge in [-0.2, -0.15) is 0 Å². The fraction of sp³-hybridized carbons (Fsp3) is 0.320. The summed E-state index contributed by atoms with van der Waals surface area (Å²) in [7, 11) is -3.01. The highest BCUT2D eigenvalue weighted by Gasteiger charge is 2.22. The van der Waals surface area contributed by atoms with Crippen LogP contribution in [0.2, 0.25) is 0 Å². The number of hydrogen-bond donors (Lipinski definition) is 2. The largest absolute Gasteiger partial charge is 0.399 e. The minimum absolute atomic E-state index is 0.229. The van der Waals surface area contributed by atoms with E-state index in [1.807, 2.05) is 60.7 Å². The molecule has 0 bridgehead atoms. The number of nitrogen functional groups attached to an aromatic ring is 1. The van der Waals surface area contributed by atoms with Crippen molar-refractivity contribution >= 4 is 19.2 Å². The van der Waals surface area contributed by atoms with E-state index in [9.17, 15) is 9.36 Å². The molecule has 0 aliphatic heterocycles. The lowest BCUT2D eigenvalue weighted by atomic mass is 10.2. The second-order valence-electron chi connectivity index (χ2n) is 7.21. The maximum absolute atomic E-state index is 12.3. The molecule has 0 aliphatic carbocycles. The van der Waals surface area contributed by atoms with E-state index in [1.165, 1.54) is 12.4 Å². The molecular weight excluding hydrogens is 451 g/mol. The number of carbonyl (C=O) groups excluding carboxylic acids is 1. The van der Waals surface area contributed by atoms with Gasteiger partial charge in [-0.05, 0) is 38.8 Å². The van der Waals surface area contributed by atoms with Gasteiger partial charge in [0, 0.05) is 30.2 Å². The number of nitrogens with two attached hydrogens (primary N) is 1. The van der Waals surface area contributed by atoms with E-state index in [2.05, 4.69) is 15.3 Å². The van der Waals surface area contributed by atoms with Crippen molar-refractivity contribution in [3.05, 3.63) is 78.6 Å². The molecule has 0 radical (unpaired) electrons. The molecule has 1 heterocycles. The molecule has 2 aromatic carbocycles. The Morgan fingerprint density at radius 1 is 0.912 bits per heavy atom. The summed E-state index contributed by atoms with van der Waals surface area (Å²) >= 11 is 0. The van der Waals surface area contributed by atoms with E-state index in [4.69, 9.17) is 14.8 Å². The van der Waals surface area contributed by atoms with E-state index < -0.39 is 7.60 Å². The quantitative estimate of drug-likeness (QED) is 0.219. The molecule has 34 heavy (non-hydrogen) atoms. The van der Waals surface area contributed by atoms with E-state index >= 15 is 0 Å². The Hall–Kier alpha value is -3.06. The van der Waals surface area contributed by atoms with Gasteiger partial charge in [-0.3, -0.25) is 9.36 Å². The number of nitrogens with zero attached hydrogens (tertiary/aromatic N) is 2. The van der Waals surface area contributed by atoms with Crippen LogP contribution in [-0.4, -0.2) is 41.8 Å². The van der Waals surface area contributed by atoms with Crippen LogP contribution in [0.1, 0.15) is 37.0 Å². The first-order valence-corrected chi connectivity index (χ1v) is 13.0. The molecule has 0 saturated carbocycles. The molecule has 0 fully saturated rings. The Labute approximate surface area is 201 Å². The van der Waals surface area contributed by atoms with Crippen molar-refractivity contribution in [2.75, 3.05) is 31.7 Å². The van der Waals surface area contributed by atoms with Crippen LogP contribution in [0, 0.1) is 0 Å². The third-order valence-electron chi connectivity index (χ3n) is 4.54. The minimum Gasteiger partial charge on any atom is -0.399 e. The summed E-state index contributed by atoms with van der Waals surface area (Å²) in [5.74, 6) is 0.349. The molecule has 0 unspecified atom stereocenters. The highest BCUT2D eigenvalue weighted by atomic mass is 31.2. The maximum atomic E-state index is 12.3. The maximum Gasteiger partial charge on any atom is 0.330 e. The van der Waals surface area contributed by atoms with Gasteiger partial charge in [0.25, 0.3) is 5.91 Å². The average Bonchev–Trinajstić information content (AvgIpc) is 2.85. The normalized spacial score (nSPS) is 10.8. The van der Waals surface area contributed by atoms with Gasteiger partial charge in [0.1, 0.15) is 0 Å². The van der Waals surface area contributed by atoms with Crippen molar-refractivity contribution in [3.8, 4) is 11.4 Å². The van der Waals surface area contributed by atoms with Crippen LogP contribution in [0.5, 0.6) is 0 Å². The highest BCUT2D eigenvalue weighted by Crippen LogP contribution is 2.48. The average molecular weight is 485 g/mol. The molecule has 182 valence electrons. The number of carbonyl (C=O) groups is 1. The summed E-state index contributed by atoms with van der Waals surface area (Å²) in [6.07, 6.45) is 4.70. The van der Waals surface area contributed by atoms with Crippen LogP contribution >= 0.6 is 7.60 Å². The van der Waals surface area contributed by atoms with E-state index in [0.717, 1.165) is 11.3 Å². The van der Waals surface area contributed by atoms with Crippen molar-refractivity contribution in [3.63, 3.8) is 0 Å². The van der Waals surface area contributed by atoms with Crippen LogP contribution in [0.25, 0.3) is 11.4 Å². The number of anilines is 1. The van der Waals surface area contributed by atoms with E-state index in [1.54, 1.807) is 13.8 Å². The summed E-state index contributed by atoms with van der Waals surface area (Å²) in [6, 6.07) is 19.1. The summed E-state index contributed by atoms with van der Waals surface area (Å²) in [6.45, 7) is 4.76. The van der Waals surface area contributed by atoms with Gasteiger partial charge < -0.3 is 20.1 Å². The van der Waals surface area contributed by atoms with Crippen LogP contribution in [-0.2, 0) is 13.6 Å². The summed E-state index contributed by atoms with van der Waals surface area (Å²) in [4.78, 5) is 20.7. The van der Waals surface area contributed by atoms with E-state index in [0.29, 0.717) is 50.1 Å². The lowest BCUT2D eigenvalue weighted by Gasteiger charge is -2.16.